The molecule has 6 heteroatoms. The van der Waals surface area contributed by atoms with Crippen LogP contribution in [0.2, 0.25) is 0 Å². The lowest BCUT2D eigenvalue weighted by Crippen LogP contribution is -2.32. The van der Waals surface area contributed by atoms with E-state index in [1.807, 2.05) is 0 Å². The second kappa shape index (κ2) is 29.4. The summed E-state index contributed by atoms with van der Waals surface area (Å²) in [4.78, 5) is 25.6. The van der Waals surface area contributed by atoms with E-state index in [1.54, 1.807) is 0 Å². The highest BCUT2D eigenvalue weighted by molar-refractivity contribution is 5.75. The molecule has 0 amide bonds. The van der Waals surface area contributed by atoms with Gasteiger partial charge in [0.25, 0.3) is 0 Å². The van der Waals surface area contributed by atoms with Gasteiger partial charge in [-0.1, -0.05) is 115 Å². The van der Waals surface area contributed by atoms with Crippen molar-refractivity contribution in [3.63, 3.8) is 0 Å². The molecule has 246 valence electrons. The summed E-state index contributed by atoms with van der Waals surface area (Å²) in [6, 6.07) is 0. The van der Waals surface area contributed by atoms with E-state index in [9.17, 15) is 19.8 Å². The molecule has 0 heterocycles. The zero-order chi connectivity index (χ0) is 31.2. The Morgan fingerprint density at radius 3 is 1.55 bits per heavy atom. The Morgan fingerprint density at radius 1 is 0.595 bits per heavy atom. The average Bonchev–Trinajstić information content (AvgIpc) is 2.96. The second-order valence-corrected chi connectivity index (χ2v) is 12.3. The SMILES string of the molecule is CCCCCCCC/C=C\CC(C/C=C\CCCCCCCC)(CCCCN(CCO)CCCCCC(=O)O)C(=O)O. The molecular weight excluding hydrogens is 526 g/mol. The Balaban J connectivity index is 4.91. The van der Waals surface area contributed by atoms with Crippen LogP contribution in [0.5, 0.6) is 0 Å². The fourth-order valence-electron chi connectivity index (χ4n) is 5.57. The number of rotatable bonds is 32. The summed E-state index contributed by atoms with van der Waals surface area (Å²) in [6.45, 7) is 6.84. The van der Waals surface area contributed by atoms with Gasteiger partial charge in [0.05, 0.1) is 12.0 Å². The molecule has 0 saturated heterocycles. The molecule has 3 N–H and O–H groups in total. The molecule has 6 nitrogen and oxygen atoms in total. The Labute approximate surface area is 259 Å². The zero-order valence-electron chi connectivity index (χ0n) is 27.5. The summed E-state index contributed by atoms with van der Waals surface area (Å²) in [5.74, 6) is -1.44. The van der Waals surface area contributed by atoms with Crippen LogP contribution in [0.15, 0.2) is 24.3 Å². The summed E-state index contributed by atoms with van der Waals surface area (Å²) in [5.41, 5.74) is -0.770. The first-order valence-electron chi connectivity index (χ1n) is 17.5. The number of unbranched alkanes of at least 4 members (excludes halogenated alkanes) is 15. The van der Waals surface area contributed by atoms with Crippen molar-refractivity contribution in [2.45, 2.75) is 162 Å². The number of carbonyl (C=O) groups is 2. The van der Waals surface area contributed by atoms with Gasteiger partial charge < -0.3 is 20.2 Å². The lowest BCUT2D eigenvalue weighted by atomic mass is 9.76. The molecule has 0 aromatic heterocycles. The minimum absolute atomic E-state index is 0.0982. The summed E-state index contributed by atoms with van der Waals surface area (Å²) >= 11 is 0. The normalized spacial score (nSPS) is 12.3. The van der Waals surface area contributed by atoms with E-state index in [4.69, 9.17) is 5.11 Å². The highest BCUT2D eigenvalue weighted by atomic mass is 16.4. The van der Waals surface area contributed by atoms with Gasteiger partial charge in [0.1, 0.15) is 0 Å². The first kappa shape index (κ1) is 40.3. The third-order valence-corrected chi connectivity index (χ3v) is 8.41. The van der Waals surface area contributed by atoms with Crippen LogP contribution in [0.25, 0.3) is 0 Å². The smallest absolute Gasteiger partial charge is 0.310 e. The maximum Gasteiger partial charge on any atom is 0.310 e. The molecule has 0 aliphatic heterocycles. The van der Waals surface area contributed by atoms with Gasteiger partial charge in [0.15, 0.2) is 0 Å². The largest absolute Gasteiger partial charge is 0.481 e. The average molecular weight is 594 g/mol. The van der Waals surface area contributed by atoms with Crippen molar-refractivity contribution in [1.82, 2.24) is 4.90 Å². The molecule has 0 atom stereocenters. The molecule has 0 aliphatic rings. The Hall–Kier alpha value is -1.66. The number of carboxylic acid groups (broad SMARTS) is 2. The van der Waals surface area contributed by atoms with E-state index >= 15 is 0 Å². The van der Waals surface area contributed by atoms with E-state index in [0.29, 0.717) is 32.2 Å². The van der Waals surface area contributed by atoms with Gasteiger partial charge >= 0.3 is 11.9 Å². The predicted molar refractivity (Wildman–Crippen MR) is 177 cm³/mol. The maximum absolute atomic E-state index is 12.7. The van der Waals surface area contributed by atoms with Crippen LogP contribution >= 0.6 is 0 Å². The Morgan fingerprint density at radius 2 is 1.07 bits per heavy atom. The summed E-state index contributed by atoms with van der Waals surface area (Å²) in [6.07, 6.45) is 32.1. The maximum atomic E-state index is 12.7. The van der Waals surface area contributed by atoms with Crippen LogP contribution in [0.1, 0.15) is 162 Å². The Bertz CT molecular complexity index is 662. The summed E-state index contributed by atoms with van der Waals surface area (Å²) < 4.78 is 0. The number of aliphatic hydroxyl groups excluding tert-OH is 1. The molecule has 0 aromatic carbocycles. The van der Waals surface area contributed by atoms with Crippen molar-refractivity contribution in [2.75, 3.05) is 26.2 Å². The molecule has 0 spiro atoms. The summed E-state index contributed by atoms with van der Waals surface area (Å²) in [5, 5.41) is 28.7. The lowest BCUT2D eigenvalue weighted by Gasteiger charge is -2.28. The number of aliphatic carboxylic acids is 2. The van der Waals surface area contributed by atoms with Gasteiger partial charge in [0, 0.05) is 13.0 Å². The molecule has 0 bridgehead atoms. The van der Waals surface area contributed by atoms with Crippen LogP contribution in [0, 0.1) is 5.41 Å². The Kier molecular flexibility index (Phi) is 28.3. The highest BCUT2D eigenvalue weighted by Crippen LogP contribution is 2.35. The third-order valence-electron chi connectivity index (χ3n) is 8.41. The number of allylic oxidation sites excluding steroid dienone is 4. The van der Waals surface area contributed by atoms with Crippen molar-refractivity contribution in [2.24, 2.45) is 5.41 Å². The molecule has 0 fully saturated rings. The van der Waals surface area contributed by atoms with Crippen molar-refractivity contribution in [3.8, 4) is 0 Å². The standard InChI is InChI=1S/C36H67NO5/c1-3-5-7-9-11-13-15-17-21-27-36(35(41)42,28-22-18-16-14-12-10-8-6-4-2)29-23-25-31-37(32-33-38)30-24-19-20-26-34(39)40/h17-18,21-22,38H,3-16,19-20,23-33H2,1-2H3,(H,39,40)(H,41,42)/b21-17-,22-18-. The topological polar surface area (TPSA) is 98.1 Å². The van der Waals surface area contributed by atoms with Gasteiger partial charge in [-0.25, -0.2) is 0 Å². The zero-order valence-corrected chi connectivity index (χ0v) is 27.5. The van der Waals surface area contributed by atoms with Crippen molar-refractivity contribution in [3.05, 3.63) is 24.3 Å². The molecule has 0 unspecified atom stereocenters. The first-order valence-corrected chi connectivity index (χ1v) is 17.5. The van der Waals surface area contributed by atoms with Crippen molar-refractivity contribution in [1.29, 1.82) is 0 Å². The van der Waals surface area contributed by atoms with Gasteiger partial charge in [-0.05, 0) is 77.3 Å². The van der Waals surface area contributed by atoms with Crippen LogP contribution in [-0.2, 0) is 9.59 Å². The van der Waals surface area contributed by atoms with E-state index in [-0.39, 0.29) is 13.0 Å². The minimum atomic E-state index is -0.770. The number of hydrogen-bond acceptors (Lipinski definition) is 4. The van der Waals surface area contributed by atoms with Crippen LogP contribution in [0.4, 0.5) is 0 Å². The number of hydrogen-bond donors (Lipinski definition) is 3. The van der Waals surface area contributed by atoms with Crippen LogP contribution < -0.4 is 0 Å². The molecule has 0 saturated carbocycles. The van der Waals surface area contributed by atoms with E-state index < -0.39 is 17.4 Å². The van der Waals surface area contributed by atoms with Gasteiger partial charge in [-0.2, -0.15) is 0 Å². The van der Waals surface area contributed by atoms with E-state index in [2.05, 4.69) is 43.1 Å². The molecule has 0 rings (SSSR count). The molecular formula is C36H67NO5. The predicted octanol–water partition coefficient (Wildman–Crippen LogP) is 9.56. The lowest BCUT2D eigenvalue weighted by molar-refractivity contribution is -0.149. The molecule has 0 aliphatic carbocycles. The van der Waals surface area contributed by atoms with Gasteiger partial charge in [0.2, 0.25) is 0 Å². The van der Waals surface area contributed by atoms with E-state index in [0.717, 1.165) is 51.6 Å². The minimum Gasteiger partial charge on any atom is -0.481 e. The van der Waals surface area contributed by atoms with Crippen molar-refractivity contribution < 1.29 is 24.9 Å². The first-order chi connectivity index (χ1) is 20.4. The highest BCUT2D eigenvalue weighted by Gasteiger charge is 2.35. The van der Waals surface area contributed by atoms with Crippen LogP contribution in [0.3, 0.4) is 0 Å². The summed E-state index contributed by atoms with van der Waals surface area (Å²) in [7, 11) is 0. The number of carboxylic acids is 2. The fraction of sp³-hybridized carbons (Fsp3) is 0.833. The van der Waals surface area contributed by atoms with Crippen molar-refractivity contribution >= 4 is 11.9 Å². The van der Waals surface area contributed by atoms with Gasteiger partial charge in [-0.3, -0.25) is 9.59 Å². The van der Waals surface area contributed by atoms with Crippen LogP contribution in [-0.4, -0.2) is 58.4 Å². The number of nitrogens with zero attached hydrogens (tertiary/aromatic N) is 1. The number of aliphatic hydroxyl groups is 1. The fourth-order valence-corrected chi connectivity index (χ4v) is 5.57. The van der Waals surface area contributed by atoms with Gasteiger partial charge in [-0.15, -0.1) is 0 Å². The molecule has 0 radical (unpaired) electrons. The monoisotopic (exact) mass is 594 g/mol. The molecule has 42 heavy (non-hydrogen) atoms. The van der Waals surface area contributed by atoms with E-state index in [1.165, 1.54) is 77.0 Å². The third kappa shape index (κ3) is 23.9. The second-order valence-electron chi connectivity index (χ2n) is 12.3. The molecule has 0 aromatic rings. The quantitative estimate of drug-likeness (QED) is 0.0531.